The minimum atomic E-state index is -3.58. The van der Waals surface area contributed by atoms with Crippen LogP contribution < -0.4 is 10.0 Å². The SMILES string of the molecule is CCCNS(=O)(=O)c1ccc(NC(=O)c2c(F)cccc2Cl)cc1. The molecule has 0 aliphatic carbocycles. The second kappa shape index (κ2) is 7.74. The van der Waals surface area contributed by atoms with E-state index in [0.29, 0.717) is 18.7 Å². The summed E-state index contributed by atoms with van der Waals surface area (Å²) in [7, 11) is -3.58. The number of sulfonamides is 1. The summed E-state index contributed by atoms with van der Waals surface area (Å²) in [6.45, 7) is 2.20. The largest absolute Gasteiger partial charge is 0.322 e. The van der Waals surface area contributed by atoms with Crippen LogP contribution in [0.4, 0.5) is 10.1 Å². The van der Waals surface area contributed by atoms with Gasteiger partial charge in [-0.3, -0.25) is 4.79 Å². The smallest absolute Gasteiger partial charge is 0.260 e. The number of nitrogens with one attached hydrogen (secondary N) is 2. The third-order valence-corrected chi connectivity index (χ3v) is 4.95. The van der Waals surface area contributed by atoms with Crippen LogP contribution >= 0.6 is 11.6 Å². The molecule has 5 nitrogen and oxygen atoms in total. The average molecular weight is 371 g/mol. The number of amides is 1. The first kappa shape index (κ1) is 18.4. The maximum atomic E-state index is 13.7. The lowest BCUT2D eigenvalue weighted by Gasteiger charge is -2.09. The minimum Gasteiger partial charge on any atom is -0.322 e. The second-order valence-corrected chi connectivity index (χ2v) is 7.15. The summed E-state index contributed by atoms with van der Waals surface area (Å²) in [4.78, 5) is 12.2. The zero-order valence-corrected chi connectivity index (χ0v) is 14.4. The van der Waals surface area contributed by atoms with Crippen LogP contribution in [0.15, 0.2) is 47.4 Å². The van der Waals surface area contributed by atoms with Gasteiger partial charge in [-0.2, -0.15) is 0 Å². The van der Waals surface area contributed by atoms with Gasteiger partial charge in [-0.05, 0) is 42.8 Å². The lowest BCUT2D eigenvalue weighted by atomic mass is 10.2. The molecule has 0 aromatic heterocycles. The maximum absolute atomic E-state index is 13.7. The molecule has 0 saturated carbocycles. The van der Waals surface area contributed by atoms with E-state index >= 15 is 0 Å². The van der Waals surface area contributed by atoms with E-state index in [1.807, 2.05) is 6.92 Å². The topological polar surface area (TPSA) is 75.3 Å². The average Bonchev–Trinajstić information content (AvgIpc) is 2.53. The predicted molar refractivity (Wildman–Crippen MR) is 91.3 cm³/mol. The standard InChI is InChI=1S/C16H16ClFN2O3S/c1-2-10-19-24(22,23)12-8-6-11(7-9-12)20-16(21)15-13(17)4-3-5-14(15)18/h3-9,19H,2,10H2,1H3,(H,20,21). The van der Waals surface area contributed by atoms with E-state index in [-0.39, 0.29) is 15.5 Å². The molecule has 8 heteroatoms. The van der Waals surface area contributed by atoms with Crippen molar-refractivity contribution in [2.24, 2.45) is 0 Å². The Kier molecular flexibility index (Phi) is 5.93. The van der Waals surface area contributed by atoms with E-state index in [0.717, 1.165) is 6.07 Å². The Labute approximate surface area is 144 Å². The van der Waals surface area contributed by atoms with E-state index in [4.69, 9.17) is 11.6 Å². The van der Waals surface area contributed by atoms with Crippen molar-refractivity contribution in [3.8, 4) is 0 Å². The van der Waals surface area contributed by atoms with E-state index in [1.54, 1.807) is 0 Å². The van der Waals surface area contributed by atoms with Gasteiger partial charge in [0.1, 0.15) is 5.82 Å². The molecule has 2 aromatic rings. The molecule has 2 rings (SSSR count). The quantitative estimate of drug-likeness (QED) is 0.818. The molecule has 128 valence electrons. The van der Waals surface area contributed by atoms with Gasteiger partial charge in [-0.25, -0.2) is 17.5 Å². The highest BCUT2D eigenvalue weighted by Gasteiger charge is 2.17. The monoisotopic (exact) mass is 370 g/mol. The summed E-state index contributed by atoms with van der Waals surface area (Å²) in [5.74, 6) is -1.44. The Morgan fingerprint density at radius 2 is 1.83 bits per heavy atom. The first-order chi connectivity index (χ1) is 11.3. The Morgan fingerprint density at radius 3 is 2.42 bits per heavy atom. The van der Waals surface area contributed by atoms with Gasteiger partial charge in [0.2, 0.25) is 10.0 Å². The molecule has 0 atom stereocenters. The molecular formula is C16H16ClFN2O3S. The normalized spacial score (nSPS) is 11.3. The maximum Gasteiger partial charge on any atom is 0.260 e. The summed E-state index contributed by atoms with van der Waals surface area (Å²) in [6, 6.07) is 9.51. The van der Waals surface area contributed by atoms with Crippen LogP contribution in [0.2, 0.25) is 5.02 Å². The Balaban J connectivity index is 2.16. The molecule has 0 aliphatic heterocycles. The Hall–Kier alpha value is -1.96. The van der Waals surface area contributed by atoms with Gasteiger partial charge in [0.25, 0.3) is 5.91 Å². The fraction of sp³-hybridized carbons (Fsp3) is 0.188. The molecule has 0 unspecified atom stereocenters. The lowest BCUT2D eigenvalue weighted by Crippen LogP contribution is -2.24. The van der Waals surface area contributed by atoms with Crippen molar-refractivity contribution in [3.63, 3.8) is 0 Å². The van der Waals surface area contributed by atoms with Gasteiger partial charge in [0, 0.05) is 12.2 Å². The molecule has 1 amide bonds. The number of carbonyl (C=O) groups excluding carboxylic acids is 1. The molecule has 0 bridgehead atoms. The zero-order valence-electron chi connectivity index (χ0n) is 12.8. The number of hydrogen-bond acceptors (Lipinski definition) is 3. The van der Waals surface area contributed by atoms with Crippen LogP contribution in [-0.2, 0) is 10.0 Å². The van der Waals surface area contributed by atoms with Crippen molar-refractivity contribution in [2.45, 2.75) is 18.2 Å². The molecule has 0 radical (unpaired) electrons. The second-order valence-electron chi connectivity index (χ2n) is 4.97. The van der Waals surface area contributed by atoms with Gasteiger partial charge in [-0.1, -0.05) is 24.6 Å². The van der Waals surface area contributed by atoms with Crippen molar-refractivity contribution < 1.29 is 17.6 Å². The molecule has 0 spiro atoms. The van der Waals surface area contributed by atoms with Crippen molar-refractivity contribution in [1.29, 1.82) is 0 Å². The van der Waals surface area contributed by atoms with Crippen LogP contribution in [0.5, 0.6) is 0 Å². The molecule has 2 aromatic carbocycles. The van der Waals surface area contributed by atoms with Crippen LogP contribution in [0.25, 0.3) is 0 Å². The summed E-state index contributed by atoms with van der Waals surface area (Å²) in [6.07, 6.45) is 0.677. The lowest BCUT2D eigenvalue weighted by molar-refractivity contribution is 0.102. The van der Waals surface area contributed by atoms with Gasteiger partial charge in [0.15, 0.2) is 0 Å². The van der Waals surface area contributed by atoms with Crippen LogP contribution in [0.1, 0.15) is 23.7 Å². The summed E-state index contributed by atoms with van der Waals surface area (Å²) in [5, 5.41) is 2.48. The molecule has 0 fully saturated rings. The number of benzene rings is 2. The van der Waals surface area contributed by atoms with E-state index in [2.05, 4.69) is 10.0 Å². The van der Waals surface area contributed by atoms with E-state index in [1.165, 1.54) is 36.4 Å². The number of carbonyl (C=O) groups is 1. The predicted octanol–water partition coefficient (Wildman–Crippen LogP) is 3.42. The van der Waals surface area contributed by atoms with E-state index < -0.39 is 21.7 Å². The van der Waals surface area contributed by atoms with Crippen LogP contribution in [0, 0.1) is 5.82 Å². The van der Waals surface area contributed by atoms with Crippen LogP contribution in [0.3, 0.4) is 0 Å². The van der Waals surface area contributed by atoms with Crippen molar-refractivity contribution in [3.05, 3.63) is 58.9 Å². The Morgan fingerprint density at radius 1 is 1.17 bits per heavy atom. The summed E-state index contributed by atoms with van der Waals surface area (Å²) < 4.78 is 40.1. The third-order valence-electron chi connectivity index (χ3n) is 3.15. The van der Waals surface area contributed by atoms with Gasteiger partial charge >= 0.3 is 0 Å². The van der Waals surface area contributed by atoms with Crippen molar-refractivity contribution >= 4 is 33.2 Å². The summed E-state index contributed by atoms with van der Waals surface area (Å²) >= 11 is 5.84. The fourth-order valence-electron chi connectivity index (χ4n) is 1.95. The zero-order chi connectivity index (χ0) is 17.7. The molecule has 2 N–H and O–H groups in total. The highest BCUT2D eigenvalue weighted by Crippen LogP contribution is 2.21. The molecule has 0 aliphatic rings. The minimum absolute atomic E-state index is 0.00420. The molecule has 0 saturated heterocycles. The highest BCUT2D eigenvalue weighted by molar-refractivity contribution is 7.89. The van der Waals surface area contributed by atoms with E-state index in [9.17, 15) is 17.6 Å². The van der Waals surface area contributed by atoms with Gasteiger partial charge in [-0.15, -0.1) is 0 Å². The summed E-state index contributed by atoms with van der Waals surface area (Å²) in [5.41, 5.74) is 0.0641. The molecule has 24 heavy (non-hydrogen) atoms. The highest BCUT2D eigenvalue weighted by atomic mass is 35.5. The first-order valence-corrected chi connectivity index (χ1v) is 9.06. The third kappa shape index (κ3) is 4.31. The fourth-order valence-corrected chi connectivity index (χ4v) is 3.33. The Bertz CT molecular complexity index is 819. The number of hydrogen-bond donors (Lipinski definition) is 2. The van der Waals surface area contributed by atoms with Crippen LogP contribution in [-0.4, -0.2) is 20.9 Å². The molecular weight excluding hydrogens is 355 g/mol. The van der Waals surface area contributed by atoms with Crippen molar-refractivity contribution in [1.82, 2.24) is 4.72 Å². The van der Waals surface area contributed by atoms with Gasteiger partial charge < -0.3 is 5.32 Å². The van der Waals surface area contributed by atoms with Gasteiger partial charge in [0.05, 0.1) is 15.5 Å². The molecule has 0 heterocycles. The first-order valence-electron chi connectivity index (χ1n) is 7.20. The number of rotatable bonds is 6. The van der Waals surface area contributed by atoms with Crippen molar-refractivity contribution in [2.75, 3.05) is 11.9 Å². The number of anilines is 1. The number of halogens is 2.